The molecule has 23 heavy (non-hydrogen) atoms. The lowest BCUT2D eigenvalue weighted by Crippen LogP contribution is -2.30. The van der Waals surface area contributed by atoms with Crippen molar-refractivity contribution in [3.8, 4) is 0 Å². The van der Waals surface area contributed by atoms with Crippen LogP contribution in [0.5, 0.6) is 0 Å². The molecule has 2 aromatic heterocycles. The van der Waals surface area contributed by atoms with Crippen LogP contribution in [0.2, 0.25) is 0 Å². The molecule has 2 N–H and O–H groups in total. The molecule has 2 heterocycles. The third-order valence-electron chi connectivity index (χ3n) is 4.14. The summed E-state index contributed by atoms with van der Waals surface area (Å²) >= 11 is 0. The smallest absolute Gasteiger partial charge is 0.267 e. The van der Waals surface area contributed by atoms with Crippen LogP contribution in [-0.2, 0) is 30.5 Å². The third kappa shape index (κ3) is 3.83. The molecule has 0 aliphatic heterocycles. The molecule has 6 nitrogen and oxygen atoms in total. The van der Waals surface area contributed by atoms with E-state index < -0.39 is 0 Å². The molecule has 0 aromatic carbocycles. The van der Waals surface area contributed by atoms with Gasteiger partial charge in [0.25, 0.3) is 5.56 Å². The van der Waals surface area contributed by atoms with E-state index in [1.807, 2.05) is 18.2 Å². The molecule has 1 aliphatic rings. The predicted octanol–water partition coefficient (Wildman–Crippen LogP) is 0.945. The van der Waals surface area contributed by atoms with E-state index in [1.54, 1.807) is 6.20 Å². The molecule has 0 saturated carbocycles. The number of pyridine rings is 1. The van der Waals surface area contributed by atoms with Gasteiger partial charge < -0.3 is 5.32 Å². The van der Waals surface area contributed by atoms with Crippen LogP contribution < -0.4 is 10.9 Å². The number of aromatic nitrogens is 3. The standard InChI is InChI=1S/C17H20N4O2/c22-16(19-10-8-12-5-3-4-9-18-12)11-15-13-6-1-2-7-14(13)17(23)21-20-15/h3-5,9H,1-2,6-8,10-11H2,(H,19,22)(H,21,23). The number of hydrogen-bond acceptors (Lipinski definition) is 4. The zero-order valence-corrected chi connectivity index (χ0v) is 13.0. The Morgan fingerprint density at radius 3 is 2.83 bits per heavy atom. The van der Waals surface area contributed by atoms with E-state index >= 15 is 0 Å². The summed E-state index contributed by atoms with van der Waals surface area (Å²) in [4.78, 5) is 28.1. The first-order valence-corrected chi connectivity index (χ1v) is 8.00. The fourth-order valence-corrected chi connectivity index (χ4v) is 2.96. The molecule has 120 valence electrons. The minimum atomic E-state index is -0.112. The monoisotopic (exact) mass is 312 g/mol. The van der Waals surface area contributed by atoms with Gasteiger partial charge in [-0.05, 0) is 43.4 Å². The molecule has 0 unspecified atom stereocenters. The SMILES string of the molecule is O=C(Cc1n[nH]c(=O)c2c1CCCC2)NCCc1ccccn1. The number of carbonyl (C=O) groups is 1. The maximum atomic E-state index is 12.1. The highest BCUT2D eigenvalue weighted by molar-refractivity contribution is 5.78. The average molecular weight is 312 g/mol. The Morgan fingerprint density at radius 1 is 1.22 bits per heavy atom. The van der Waals surface area contributed by atoms with E-state index in [1.165, 1.54) is 0 Å². The van der Waals surface area contributed by atoms with Gasteiger partial charge >= 0.3 is 0 Å². The van der Waals surface area contributed by atoms with Crippen molar-refractivity contribution in [1.29, 1.82) is 0 Å². The van der Waals surface area contributed by atoms with Gasteiger partial charge in [0, 0.05) is 30.4 Å². The van der Waals surface area contributed by atoms with Crippen LogP contribution in [-0.4, -0.2) is 27.6 Å². The van der Waals surface area contributed by atoms with Crippen LogP contribution >= 0.6 is 0 Å². The number of rotatable bonds is 5. The number of aromatic amines is 1. The normalized spacial score (nSPS) is 13.4. The Morgan fingerprint density at radius 2 is 2.04 bits per heavy atom. The first-order valence-electron chi connectivity index (χ1n) is 8.00. The van der Waals surface area contributed by atoms with E-state index in [2.05, 4.69) is 20.5 Å². The zero-order chi connectivity index (χ0) is 16.1. The van der Waals surface area contributed by atoms with Crippen molar-refractivity contribution in [2.45, 2.75) is 38.5 Å². The highest BCUT2D eigenvalue weighted by Crippen LogP contribution is 2.20. The Balaban J connectivity index is 1.59. The second-order valence-electron chi connectivity index (χ2n) is 5.76. The van der Waals surface area contributed by atoms with Crippen molar-refractivity contribution in [1.82, 2.24) is 20.5 Å². The second-order valence-corrected chi connectivity index (χ2v) is 5.76. The molecule has 2 aromatic rings. The van der Waals surface area contributed by atoms with Crippen molar-refractivity contribution < 1.29 is 4.79 Å². The summed E-state index contributed by atoms with van der Waals surface area (Å²) in [6.07, 6.45) is 6.34. The largest absolute Gasteiger partial charge is 0.355 e. The molecule has 1 aliphatic carbocycles. The molecule has 1 amide bonds. The fraction of sp³-hybridized carbons (Fsp3) is 0.412. The molecular formula is C17H20N4O2. The topological polar surface area (TPSA) is 87.7 Å². The molecule has 3 rings (SSSR count). The van der Waals surface area contributed by atoms with Crippen molar-refractivity contribution in [3.05, 3.63) is 57.3 Å². The summed E-state index contributed by atoms with van der Waals surface area (Å²) in [7, 11) is 0. The van der Waals surface area contributed by atoms with Crippen LogP contribution in [0, 0.1) is 0 Å². The third-order valence-corrected chi connectivity index (χ3v) is 4.14. The van der Waals surface area contributed by atoms with E-state index in [-0.39, 0.29) is 17.9 Å². The lowest BCUT2D eigenvalue weighted by Gasteiger charge is -2.17. The van der Waals surface area contributed by atoms with Gasteiger partial charge in [0.1, 0.15) is 0 Å². The Hall–Kier alpha value is -2.50. The van der Waals surface area contributed by atoms with Crippen LogP contribution in [0.4, 0.5) is 0 Å². The van der Waals surface area contributed by atoms with Gasteiger partial charge in [0.15, 0.2) is 0 Å². The summed E-state index contributed by atoms with van der Waals surface area (Å²) in [5.74, 6) is -0.0757. The maximum absolute atomic E-state index is 12.1. The quantitative estimate of drug-likeness (QED) is 0.860. The molecule has 0 saturated heterocycles. The summed E-state index contributed by atoms with van der Waals surface area (Å²) in [6.45, 7) is 0.543. The van der Waals surface area contributed by atoms with Gasteiger partial charge in [0.2, 0.25) is 5.91 Å². The molecular weight excluding hydrogens is 292 g/mol. The van der Waals surface area contributed by atoms with Crippen molar-refractivity contribution in [2.75, 3.05) is 6.54 Å². The van der Waals surface area contributed by atoms with E-state index in [9.17, 15) is 9.59 Å². The molecule has 0 atom stereocenters. The first-order chi connectivity index (χ1) is 11.2. The van der Waals surface area contributed by atoms with Gasteiger partial charge in [0.05, 0.1) is 12.1 Å². The van der Waals surface area contributed by atoms with E-state index in [4.69, 9.17) is 0 Å². The van der Waals surface area contributed by atoms with Crippen molar-refractivity contribution in [2.24, 2.45) is 0 Å². The van der Waals surface area contributed by atoms with Gasteiger partial charge in [-0.15, -0.1) is 0 Å². The molecule has 0 bridgehead atoms. The Kier molecular flexibility index (Phi) is 4.80. The first kappa shape index (κ1) is 15.4. The van der Waals surface area contributed by atoms with Crippen LogP contribution in [0.25, 0.3) is 0 Å². The zero-order valence-electron chi connectivity index (χ0n) is 13.0. The van der Waals surface area contributed by atoms with Gasteiger partial charge in [-0.25, -0.2) is 5.10 Å². The molecule has 6 heteroatoms. The van der Waals surface area contributed by atoms with Crippen LogP contribution in [0.15, 0.2) is 29.2 Å². The van der Waals surface area contributed by atoms with E-state index in [0.717, 1.165) is 42.5 Å². The highest BCUT2D eigenvalue weighted by Gasteiger charge is 2.19. The molecule has 0 radical (unpaired) electrons. The lowest BCUT2D eigenvalue weighted by molar-refractivity contribution is -0.120. The maximum Gasteiger partial charge on any atom is 0.267 e. The van der Waals surface area contributed by atoms with Crippen LogP contribution in [0.3, 0.4) is 0 Å². The van der Waals surface area contributed by atoms with Gasteiger partial charge in [-0.1, -0.05) is 6.07 Å². The fourth-order valence-electron chi connectivity index (χ4n) is 2.96. The summed E-state index contributed by atoms with van der Waals surface area (Å²) in [6, 6.07) is 5.74. The predicted molar refractivity (Wildman–Crippen MR) is 86.2 cm³/mol. The average Bonchev–Trinajstić information content (AvgIpc) is 2.59. The number of H-pyrrole nitrogens is 1. The number of nitrogens with zero attached hydrogens (tertiary/aromatic N) is 2. The number of hydrogen-bond donors (Lipinski definition) is 2. The second kappa shape index (κ2) is 7.17. The number of amides is 1. The Bertz CT molecular complexity index is 740. The number of nitrogens with one attached hydrogen (secondary N) is 2. The van der Waals surface area contributed by atoms with Gasteiger partial charge in [-0.2, -0.15) is 5.10 Å². The molecule has 0 spiro atoms. The Labute approximate surface area is 134 Å². The minimum absolute atomic E-state index is 0.0757. The van der Waals surface area contributed by atoms with Crippen molar-refractivity contribution >= 4 is 5.91 Å². The summed E-state index contributed by atoms with van der Waals surface area (Å²) in [5, 5.41) is 9.50. The summed E-state index contributed by atoms with van der Waals surface area (Å²) in [5.41, 5.74) is 3.32. The number of carbonyl (C=O) groups excluding carboxylic acids is 1. The van der Waals surface area contributed by atoms with Crippen LogP contribution in [0.1, 0.15) is 35.4 Å². The lowest BCUT2D eigenvalue weighted by atomic mass is 9.91. The van der Waals surface area contributed by atoms with Gasteiger partial charge in [-0.3, -0.25) is 14.6 Å². The molecule has 0 fully saturated rings. The number of fused-ring (bicyclic) bond motifs is 1. The minimum Gasteiger partial charge on any atom is -0.355 e. The highest BCUT2D eigenvalue weighted by atomic mass is 16.1. The van der Waals surface area contributed by atoms with Crippen molar-refractivity contribution in [3.63, 3.8) is 0 Å². The van der Waals surface area contributed by atoms with E-state index in [0.29, 0.717) is 18.7 Å². The summed E-state index contributed by atoms with van der Waals surface area (Å²) < 4.78 is 0.